The lowest BCUT2D eigenvalue weighted by Crippen LogP contribution is -2.01. The fourth-order valence-corrected chi connectivity index (χ4v) is 3.47. The molecule has 0 aliphatic rings. The number of rotatable bonds is 6. The SMILES string of the molecule is COc1cc(C=Nc2cc(C)ccc2C)cc(I)c1OCc1ccc(F)cc1. The van der Waals surface area contributed by atoms with Crippen molar-refractivity contribution in [2.75, 3.05) is 7.11 Å². The van der Waals surface area contributed by atoms with E-state index in [1.807, 2.05) is 25.3 Å². The Kier molecular flexibility index (Phi) is 6.67. The van der Waals surface area contributed by atoms with Gasteiger partial charge in [0.2, 0.25) is 0 Å². The highest BCUT2D eigenvalue weighted by atomic mass is 127. The van der Waals surface area contributed by atoms with Gasteiger partial charge in [-0.3, -0.25) is 4.99 Å². The number of aryl methyl sites for hydroxylation is 2. The van der Waals surface area contributed by atoms with E-state index in [0.29, 0.717) is 18.1 Å². The van der Waals surface area contributed by atoms with Crippen LogP contribution in [-0.4, -0.2) is 13.3 Å². The van der Waals surface area contributed by atoms with Gasteiger partial charge in [-0.1, -0.05) is 24.3 Å². The van der Waals surface area contributed by atoms with Gasteiger partial charge >= 0.3 is 0 Å². The van der Waals surface area contributed by atoms with Crippen LogP contribution in [0.2, 0.25) is 0 Å². The second-order valence-electron chi connectivity index (χ2n) is 6.50. The minimum atomic E-state index is -0.261. The van der Waals surface area contributed by atoms with E-state index in [0.717, 1.165) is 25.9 Å². The standard InChI is InChI=1S/C23H21FINO2/c1-15-4-5-16(2)21(10-15)26-13-18-11-20(25)23(22(12-18)27-3)28-14-17-6-8-19(24)9-7-17/h4-13H,14H2,1-3H3. The molecule has 0 N–H and O–H groups in total. The van der Waals surface area contributed by atoms with Gasteiger partial charge in [0.1, 0.15) is 12.4 Å². The summed E-state index contributed by atoms with van der Waals surface area (Å²) in [5, 5.41) is 0. The molecule has 0 heterocycles. The third-order valence-corrected chi connectivity index (χ3v) is 5.07. The molecule has 0 aliphatic carbocycles. The molecule has 0 saturated heterocycles. The summed E-state index contributed by atoms with van der Waals surface area (Å²) in [5.74, 6) is 1.04. The monoisotopic (exact) mass is 489 g/mol. The molecule has 0 atom stereocenters. The summed E-state index contributed by atoms with van der Waals surface area (Å²) in [6, 6.07) is 16.4. The number of halogens is 2. The number of methoxy groups -OCH3 is 1. The van der Waals surface area contributed by atoms with E-state index in [1.54, 1.807) is 19.2 Å². The minimum Gasteiger partial charge on any atom is -0.493 e. The summed E-state index contributed by atoms with van der Waals surface area (Å²) in [5.41, 5.74) is 5.07. The molecule has 0 radical (unpaired) electrons. The van der Waals surface area contributed by atoms with Gasteiger partial charge in [0.05, 0.1) is 16.4 Å². The van der Waals surface area contributed by atoms with Crippen molar-refractivity contribution >= 4 is 34.5 Å². The molecular weight excluding hydrogens is 468 g/mol. The number of nitrogens with zero attached hydrogens (tertiary/aromatic N) is 1. The molecule has 3 aromatic carbocycles. The van der Waals surface area contributed by atoms with Crippen molar-refractivity contribution in [3.8, 4) is 11.5 Å². The van der Waals surface area contributed by atoms with Crippen molar-refractivity contribution in [2.45, 2.75) is 20.5 Å². The number of aliphatic imine (C=N–C) groups is 1. The molecule has 0 amide bonds. The number of ether oxygens (including phenoxy) is 2. The molecule has 5 heteroatoms. The van der Waals surface area contributed by atoms with Crippen LogP contribution < -0.4 is 9.47 Å². The van der Waals surface area contributed by atoms with Gasteiger partial charge in [-0.2, -0.15) is 0 Å². The van der Waals surface area contributed by atoms with E-state index in [2.05, 4.69) is 52.7 Å². The molecule has 144 valence electrons. The summed E-state index contributed by atoms with van der Waals surface area (Å²) in [6.45, 7) is 4.43. The maximum Gasteiger partial charge on any atom is 0.174 e. The van der Waals surface area contributed by atoms with Crippen LogP contribution in [0.1, 0.15) is 22.3 Å². The molecule has 0 saturated carbocycles. The summed E-state index contributed by atoms with van der Waals surface area (Å²) in [7, 11) is 1.61. The Morgan fingerprint density at radius 1 is 1.04 bits per heavy atom. The third kappa shape index (κ3) is 5.10. The van der Waals surface area contributed by atoms with Crippen LogP contribution >= 0.6 is 22.6 Å². The zero-order chi connectivity index (χ0) is 20.1. The molecule has 0 fully saturated rings. The highest BCUT2D eigenvalue weighted by Gasteiger charge is 2.11. The maximum atomic E-state index is 13.0. The molecule has 0 bridgehead atoms. The maximum absolute atomic E-state index is 13.0. The van der Waals surface area contributed by atoms with Crippen LogP contribution in [0.15, 0.2) is 59.6 Å². The smallest absolute Gasteiger partial charge is 0.174 e. The molecule has 0 spiro atoms. The number of hydrogen-bond donors (Lipinski definition) is 0. The summed E-state index contributed by atoms with van der Waals surface area (Å²) >= 11 is 2.22. The van der Waals surface area contributed by atoms with Crippen molar-refractivity contribution in [3.05, 3.63) is 86.2 Å². The quantitative estimate of drug-likeness (QED) is 0.297. The molecule has 3 rings (SSSR count). The lowest BCUT2D eigenvalue weighted by molar-refractivity contribution is 0.282. The zero-order valence-corrected chi connectivity index (χ0v) is 18.2. The van der Waals surface area contributed by atoms with Crippen LogP contribution in [0.25, 0.3) is 0 Å². The van der Waals surface area contributed by atoms with E-state index < -0.39 is 0 Å². The molecule has 0 unspecified atom stereocenters. The highest BCUT2D eigenvalue weighted by molar-refractivity contribution is 14.1. The van der Waals surface area contributed by atoms with Crippen LogP contribution in [0.3, 0.4) is 0 Å². The normalized spacial score (nSPS) is 11.0. The second kappa shape index (κ2) is 9.19. The lowest BCUT2D eigenvalue weighted by Gasteiger charge is -2.13. The minimum absolute atomic E-state index is 0.261. The van der Waals surface area contributed by atoms with E-state index in [9.17, 15) is 4.39 Å². The number of benzene rings is 3. The molecule has 28 heavy (non-hydrogen) atoms. The first-order valence-corrected chi connectivity index (χ1v) is 9.90. The van der Waals surface area contributed by atoms with E-state index in [4.69, 9.17) is 9.47 Å². The molecule has 0 aromatic heterocycles. The summed E-state index contributed by atoms with van der Waals surface area (Å²) < 4.78 is 25.4. The van der Waals surface area contributed by atoms with Gasteiger partial charge in [-0.15, -0.1) is 0 Å². The first kappa shape index (κ1) is 20.3. The highest BCUT2D eigenvalue weighted by Crippen LogP contribution is 2.34. The van der Waals surface area contributed by atoms with Crippen LogP contribution in [0.4, 0.5) is 10.1 Å². The Hall–Kier alpha value is -2.41. The topological polar surface area (TPSA) is 30.8 Å². The van der Waals surface area contributed by atoms with Crippen molar-refractivity contribution in [3.63, 3.8) is 0 Å². The average Bonchev–Trinajstić information content (AvgIpc) is 2.68. The van der Waals surface area contributed by atoms with E-state index >= 15 is 0 Å². The van der Waals surface area contributed by atoms with Crippen LogP contribution in [-0.2, 0) is 6.61 Å². The van der Waals surface area contributed by atoms with Gasteiger partial charge < -0.3 is 9.47 Å². The van der Waals surface area contributed by atoms with Gasteiger partial charge in [-0.05, 0) is 89.0 Å². The largest absolute Gasteiger partial charge is 0.493 e. The van der Waals surface area contributed by atoms with Crippen molar-refractivity contribution in [1.29, 1.82) is 0 Å². The first-order valence-electron chi connectivity index (χ1n) is 8.82. The van der Waals surface area contributed by atoms with Gasteiger partial charge in [0, 0.05) is 6.21 Å². The average molecular weight is 489 g/mol. The Labute approximate surface area is 178 Å². The third-order valence-electron chi connectivity index (χ3n) is 4.27. The van der Waals surface area contributed by atoms with Gasteiger partial charge in [0.15, 0.2) is 11.5 Å². The molecule has 0 aliphatic heterocycles. The Balaban J connectivity index is 1.81. The first-order chi connectivity index (χ1) is 13.5. The fourth-order valence-electron chi connectivity index (χ4n) is 2.69. The molecule has 3 nitrogen and oxygen atoms in total. The predicted octanol–water partition coefficient (Wildman–Crippen LogP) is 6.39. The molecule has 3 aromatic rings. The van der Waals surface area contributed by atoms with Crippen molar-refractivity contribution in [1.82, 2.24) is 0 Å². The van der Waals surface area contributed by atoms with Crippen LogP contribution in [0, 0.1) is 23.2 Å². The zero-order valence-electron chi connectivity index (χ0n) is 16.0. The Morgan fingerprint density at radius 2 is 1.79 bits per heavy atom. The van der Waals surface area contributed by atoms with E-state index in [1.165, 1.54) is 17.7 Å². The Bertz CT molecular complexity index is 1000. The number of hydrogen-bond acceptors (Lipinski definition) is 3. The molecular formula is C23H21FINO2. The van der Waals surface area contributed by atoms with Crippen molar-refractivity contribution < 1.29 is 13.9 Å². The summed E-state index contributed by atoms with van der Waals surface area (Å²) in [4.78, 5) is 4.62. The van der Waals surface area contributed by atoms with Gasteiger partial charge in [0.25, 0.3) is 0 Å². The van der Waals surface area contributed by atoms with Gasteiger partial charge in [-0.25, -0.2) is 4.39 Å². The van der Waals surface area contributed by atoms with Crippen molar-refractivity contribution in [2.24, 2.45) is 4.99 Å². The Morgan fingerprint density at radius 3 is 2.50 bits per heavy atom. The fraction of sp³-hybridized carbons (Fsp3) is 0.174. The van der Waals surface area contributed by atoms with Crippen LogP contribution in [0.5, 0.6) is 11.5 Å². The lowest BCUT2D eigenvalue weighted by atomic mass is 10.1. The van der Waals surface area contributed by atoms with E-state index in [-0.39, 0.29) is 5.82 Å². The predicted molar refractivity (Wildman–Crippen MR) is 120 cm³/mol. The summed E-state index contributed by atoms with van der Waals surface area (Å²) in [6.07, 6.45) is 1.83. The second-order valence-corrected chi connectivity index (χ2v) is 7.66.